The Morgan fingerprint density at radius 1 is 1.05 bits per heavy atom. The van der Waals surface area contributed by atoms with Crippen LogP contribution in [0.15, 0.2) is 63.3 Å². The molecule has 1 aliphatic rings. The molecule has 1 heterocycles. The Hall–Kier alpha value is -1.79. The van der Waals surface area contributed by atoms with Gasteiger partial charge in [0.2, 0.25) is 0 Å². The fourth-order valence-corrected chi connectivity index (χ4v) is 4.83. The summed E-state index contributed by atoms with van der Waals surface area (Å²) in [4.78, 5) is 5.50. The number of para-hydroxylation sites is 1. The zero-order valence-corrected chi connectivity index (χ0v) is 13.4. The molecule has 4 nitrogen and oxygen atoms in total. The van der Waals surface area contributed by atoms with E-state index in [9.17, 15) is 8.42 Å². The molecular weight excluding hydrogens is 306 g/mol. The highest BCUT2D eigenvalue weighted by Gasteiger charge is 2.27. The largest absolute Gasteiger partial charge is 0.353 e. The first-order valence-electron chi connectivity index (χ1n) is 6.40. The van der Waals surface area contributed by atoms with Gasteiger partial charge in [-0.3, -0.25) is 0 Å². The summed E-state index contributed by atoms with van der Waals surface area (Å²) >= 11 is 0. The van der Waals surface area contributed by atoms with E-state index in [1.165, 1.54) is 0 Å². The molecule has 0 spiro atoms. The summed E-state index contributed by atoms with van der Waals surface area (Å²) in [6.45, 7) is 1.90. The number of nitrogens with zero attached hydrogens (tertiary/aromatic N) is 1. The molecule has 110 valence electrons. The molecule has 0 bridgehead atoms. The van der Waals surface area contributed by atoms with Crippen molar-refractivity contribution < 1.29 is 12.6 Å². The molecule has 0 saturated heterocycles. The van der Waals surface area contributed by atoms with Crippen molar-refractivity contribution in [3.63, 3.8) is 0 Å². The van der Waals surface area contributed by atoms with E-state index in [0.29, 0.717) is 0 Å². The van der Waals surface area contributed by atoms with Crippen LogP contribution in [0.25, 0.3) is 0 Å². The third kappa shape index (κ3) is 2.69. The van der Waals surface area contributed by atoms with Gasteiger partial charge in [-0.2, -0.15) is 8.42 Å². The van der Waals surface area contributed by atoms with E-state index in [2.05, 4.69) is 4.99 Å². The van der Waals surface area contributed by atoms with Crippen LogP contribution in [0.1, 0.15) is 5.56 Å². The molecule has 0 amide bonds. The van der Waals surface area contributed by atoms with Gasteiger partial charge in [-0.1, -0.05) is 29.8 Å². The van der Waals surface area contributed by atoms with E-state index in [4.69, 9.17) is 4.18 Å². The normalized spacial score (nSPS) is 19.0. The molecule has 2 aromatic carbocycles. The van der Waals surface area contributed by atoms with Crippen molar-refractivity contribution in [1.29, 1.82) is 0 Å². The lowest BCUT2D eigenvalue weighted by Gasteiger charge is -2.13. The fraction of sp³-hybridized carbons (Fsp3) is 0.133. The number of aliphatic imine (C=N–C) groups is 1. The van der Waals surface area contributed by atoms with Crippen molar-refractivity contribution >= 4 is 31.9 Å². The minimum absolute atomic E-state index is 0.148. The number of hydrogen-bond donors (Lipinski definition) is 1. The van der Waals surface area contributed by atoms with Crippen LogP contribution in [0.5, 0.6) is 0 Å². The van der Waals surface area contributed by atoms with Crippen LogP contribution in [-0.4, -0.2) is 19.9 Å². The zero-order chi connectivity index (χ0) is 15.0. The smallest absolute Gasteiger partial charge is 0.341 e. The second-order valence-corrected chi connectivity index (χ2v) is 8.32. The maximum atomic E-state index is 12.3. The van der Waals surface area contributed by atoms with Gasteiger partial charge in [0.05, 0.1) is 5.69 Å². The van der Waals surface area contributed by atoms with Gasteiger partial charge in [0, 0.05) is 4.90 Å². The maximum Gasteiger partial charge on any atom is 0.341 e. The van der Waals surface area contributed by atoms with Crippen molar-refractivity contribution in [2.24, 2.45) is 4.99 Å². The predicted octanol–water partition coefficient (Wildman–Crippen LogP) is 3.39. The fourth-order valence-electron chi connectivity index (χ4n) is 2.05. The average molecular weight is 321 g/mol. The lowest BCUT2D eigenvalue weighted by atomic mass is 10.2. The summed E-state index contributed by atoms with van der Waals surface area (Å²) in [5, 5.41) is 0.284. The third-order valence-corrected chi connectivity index (χ3v) is 6.46. The molecular formula is C15H15NO3S2. The average Bonchev–Trinajstić information content (AvgIpc) is 2.76. The van der Waals surface area contributed by atoms with Crippen molar-refractivity contribution in [3.8, 4) is 0 Å². The molecule has 1 unspecified atom stereocenters. The summed E-state index contributed by atoms with van der Waals surface area (Å²) in [6, 6.07) is 14.2. The SMILES string of the molecule is Cc1ccc(S(=O)(=O)OC2=Nc3ccccc3[SH]2C)cc1. The summed E-state index contributed by atoms with van der Waals surface area (Å²) in [5.74, 6) is 0. The van der Waals surface area contributed by atoms with Gasteiger partial charge in [0.1, 0.15) is 4.90 Å². The van der Waals surface area contributed by atoms with Crippen LogP contribution in [0.2, 0.25) is 0 Å². The Morgan fingerprint density at radius 2 is 1.71 bits per heavy atom. The van der Waals surface area contributed by atoms with Crippen molar-refractivity contribution in [2.45, 2.75) is 16.7 Å². The minimum atomic E-state index is -3.83. The first-order chi connectivity index (χ1) is 9.97. The van der Waals surface area contributed by atoms with Crippen LogP contribution in [0, 0.1) is 6.92 Å². The first kappa shape index (κ1) is 14.2. The molecule has 0 radical (unpaired) electrons. The number of rotatable bonds is 2. The molecule has 0 aromatic heterocycles. The predicted molar refractivity (Wildman–Crippen MR) is 86.2 cm³/mol. The summed E-state index contributed by atoms with van der Waals surface area (Å²) in [7, 11) is -4.68. The Labute approximate surface area is 127 Å². The van der Waals surface area contributed by atoms with Crippen LogP contribution in [0.3, 0.4) is 0 Å². The van der Waals surface area contributed by atoms with E-state index in [1.54, 1.807) is 24.3 Å². The lowest BCUT2D eigenvalue weighted by Crippen LogP contribution is -2.11. The molecule has 6 heteroatoms. The lowest BCUT2D eigenvalue weighted by molar-refractivity contribution is 0.489. The molecule has 0 saturated carbocycles. The van der Waals surface area contributed by atoms with E-state index in [-0.39, 0.29) is 10.1 Å². The molecule has 0 fully saturated rings. The van der Waals surface area contributed by atoms with Gasteiger partial charge < -0.3 is 4.18 Å². The van der Waals surface area contributed by atoms with Gasteiger partial charge in [0.15, 0.2) is 0 Å². The van der Waals surface area contributed by atoms with Crippen molar-refractivity contribution in [3.05, 3.63) is 54.1 Å². The summed E-state index contributed by atoms with van der Waals surface area (Å²) in [6.07, 6.45) is 1.95. The Morgan fingerprint density at radius 3 is 2.38 bits per heavy atom. The minimum Gasteiger partial charge on any atom is -0.353 e. The second kappa shape index (κ2) is 5.20. The molecule has 0 aliphatic carbocycles. The van der Waals surface area contributed by atoms with Crippen LogP contribution >= 0.6 is 10.9 Å². The molecule has 0 N–H and O–H groups in total. The molecule has 2 aromatic rings. The topological polar surface area (TPSA) is 55.7 Å². The third-order valence-electron chi connectivity index (χ3n) is 3.24. The van der Waals surface area contributed by atoms with Gasteiger partial charge >= 0.3 is 10.1 Å². The van der Waals surface area contributed by atoms with Gasteiger partial charge in [0.25, 0.3) is 5.23 Å². The summed E-state index contributed by atoms with van der Waals surface area (Å²) < 4.78 is 29.9. The standard InChI is InChI=1S/C15H15NO3S2/c1-11-7-9-12(10-8-11)21(17,18)19-15-16-13-5-3-4-6-14(13)20(15)2/h3-10,20H,1-2H3. The number of hydrogen-bond acceptors (Lipinski definition) is 4. The quantitative estimate of drug-likeness (QED) is 0.681. The monoisotopic (exact) mass is 321 g/mol. The zero-order valence-electron chi connectivity index (χ0n) is 11.6. The Balaban J connectivity index is 1.89. The first-order valence-corrected chi connectivity index (χ1v) is 9.60. The van der Waals surface area contributed by atoms with Crippen LogP contribution < -0.4 is 0 Å². The van der Waals surface area contributed by atoms with E-state index < -0.39 is 21.0 Å². The second-order valence-electron chi connectivity index (χ2n) is 4.79. The number of fused-ring (bicyclic) bond motifs is 1. The van der Waals surface area contributed by atoms with Gasteiger partial charge in [-0.05, 0) is 37.4 Å². The van der Waals surface area contributed by atoms with Crippen molar-refractivity contribution in [1.82, 2.24) is 0 Å². The van der Waals surface area contributed by atoms with Crippen molar-refractivity contribution in [2.75, 3.05) is 6.26 Å². The van der Waals surface area contributed by atoms with Crippen LogP contribution in [-0.2, 0) is 14.3 Å². The van der Waals surface area contributed by atoms with E-state index in [1.807, 2.05) is 37.4 Å². The Kier molecular flexibility index (Phi) is 3.51. The number of benzene rings is 2. The van der Waals surface area contributed by atoms with E-state index >= 15 is 0 Å². The number of aryl methyl sites for hydroxylation is 1. The van der Waals surface area contributed by atoms with Crippen LogP contribution in [0.4, 0.5) is 5.69 Å². The molecule has 1 aliphatic heterocycles. The highest BCUT2D eigenvalue weighted by molar-refractivity contribution is 8.30. The van der Waals surface area contributed by atoms with E-state index in [0.717, 1.165) is 16.1 Å². The Bertz CT molecular complexity index is 811. The molecule has 3 rings (SSSR count). The molecule has 1 atom stereocenters. The highest BCUT2D eigenvalue weighted by atomic mass is 32.2. The number of thiol groups is 1. The highest BCUT2D eigenvalue weighted by Crippen LogP contribution is 2.47. The van der Waals surface area contributed by atoms with Gasteiger partial charge in [-0.25, -0.2) is 4.99 Å². The summed E-state index contributed by atoms with van der Waals surface area (Å²) in [5.41, 5.74) is 1.79. The maximum absolute atomic E-state index is 12.3. The van der Waals surface area contributed by atoms with Gasteiger partial charge in [-0.15, -0.1) is 10.9 Å². The molecule has 21 heavy (non-hydrogen) atoms.